The predicted molar refractivity (Wildman–Crippen MR) is 123 cm³/mol. The lowest BCUT2D eigenvalue weighted by Gasteiger charge is -2.18. The molecule has 2 aromatic heterocycles. The van der Waals surface area contributed by atoms with Gasteiger partial charge in [0.1, 0.15) is 11.6 Å². The van der Waals surface area contributed by atoms with Crippen LogP contribution in [0.25, 0.3) is 10.2 Å². The quantitative estimate of drug-likeness (QED) is 0.283. The standard InChI is InChI=1S/C22H19FN2O2S3/c1-28-18-5-2-6-19-21(18)24-22(30-19)25(14-16-4-3-12-27-16)20(26)11-13-29-17-9-7-15(23)8-10-17/h2-10,12H,11,13-14H2,1H3. The number of amides is 1. The number of hydrogen-bond acceptors (Lipinski definition) is 6. The van der Waals surface area contributed by atoms with Crippen molar-refractivity contribution in [3.63, 3.8) is 0 Å². The second-order valence-corrected chi connectivity index (χ2v) is 9.44. The highest BCUT2D eigenvalue weighted by Gasteiger charge is 2.22. The number of aromatic nitrogens is 1. The van der Waals surface area contributed by atoms with E-state index in [1.807, 2.05) is 36.6 Å². The Morgan fingerprint density at radius 2 is 2.00 bits per heavy atom. The molecule has 0 saturated heterocycles. The lowest BCUT2D eigenvalue weighted by Crippen LogP contribution is -2.30. The van der Waals surface area contributed by atoms with Crippen LogP contribution in [0.5, 0.6) is 0 Å². The van der Waals surface area contributed by atoms with Crippen LogP contribution in [-0.4, -0.2) is 22.9 Å². The average Bonchev–Trinajstić information content (AvgIpc) is 3.42. The minimum atomic E-state index is -0.263. The van der Waals surface area contributed by atoms with Crippen LogP contribution < -0.4 is 4.90 Å². The van der Waals surface area contributed by atoms with Gasteiger partial charge in [0.05, 0.1) is 23.0 Å². The molecule has 154 valence electrons. The summed E-state index contributed by atoms with van der Waals surface area (Å²) < 4.78 is 19.6. The van der Waals surface area contributed by atoms with Crippen molar-refractivity contribution in [3.8, 4) is 0 Å². The molecule has 0 fully saturated rings. The number of fused-ring (bicyclic) bond motifs is 1. The smallest absolute Gasteiger partial charge is 0.230 e. The van der Waals surface area contributed by atoms with Gasteiger partial charge in [0.25, 0.3) is 0 Å². The van der Waals surface area contributed by atoms with Crippen molar-refractivity contribution in [2.45, 2.75) is 22.8 Å². The van der Waals surface area contributed by atoms with Gasteiger partial charge in [-0.3, -0.25) is 9.69 Å². The Hall–Kier alpha value is -2.29. The summed E-state index contributed by atoms with van der Waals surface area (Å²) in [7, 11) is 0. The number of anilines is 1. The fourth-order valence-corrected chi connectivity index (χ4v) is 5.41. The van der Waals surface area contributed by atoms with Gasteiger partial charge in [-0.15, -0.1) is 23.5 Å². The van der Waals surface area contributed by atoms with Crippen molar-refractivity contribution in [2.75, 3.05) is 16.9 Å². The summed E-state index contributed by atoms with van der Waals surface area (Å²) in [5, 5.41) is 0.666. The molecule has 4 aromatic rings. The van der Waals surface area contributed by atoms with E-state index in [2.05, 4.69) is 0 Å². The van der Waals surface area contributed by atoms with Crippen molar-refractivity contribution in [2.24, 2.45) is 0 Å². The van der Waals surface area contributed by atoms with Crippen molar-refractivity contribution < 1.29 is 13.6 Å². The third-order valence-electron chi connectivity index (χ3n) is 4.41. The lowest BCUT2D eigenvalue weighted by atomic mass is 10.3. The fraction of sp³-hybridized carbons (Fsp3) is 0.182. The zero-order chi connectivity index (χ0) is 20.9. The highest BCUT2D eigenvalue weighted by atomic mass is 32.2. The first-order valence-corrected chi connectivity index (χ1v) is 12.3. The molecule has 0 spiro atoms. The minimum absolute atomic E-state index is 0.0224. The molecule has 4 rings (SSSR count). The van der Waals surface area contributed by atoms with Gasteiger partial charge in [0, 0.05) is 22.0 Å². The van der Waals surface area contributed by atoms with Gasteiger partial charge in [-0.25, -0.2) is 9.37 Å². The predicted octanol–water partition coefficient (Wildman–Crippen LogP) is 6.47. The highest BCUT2D eigenvalue weighted by molar-refractivity contribution is 7.99. The number of halogens is 1. The van der Waals surface area contributed by atoms with E-state index in [1.165, 1.54) is 35.2 Å². The van der Waals surface area contributed by atoms with E-state index in [1.54, 1.807) is 35.1 Å². The first-order valence-electron chi connectivity index (χ1n) is 9.28. The van der Waals surface area contributed by atoms with Crippen LogP contribution in [0.4, 0.5) is 9.52 Å². The van der Waals surface area contributed by atoms with E-state index in [0.29, 0.717) is 29.6 Å². The molecule has 2 aromatic carbocycles. The minimum Gasteiger partial charge on any atom is -0.467 e. The zero-order valence-electron chi connectivity index (χ0n) is 16.2. The van der Waals surface area contributed by atoms with Crippen LogP contribution in [-0.2, 0) is 11.3 Å². The maximum atomic E-state index is 13.1. The first kappa shape index (κ1) is 21.0. The van der Waals surface area contributed by atoms with Crippen LogP contribution >= 0.6 is 34.9 Å². The SMILES string of the molecule is CSc1cccc2sc(N(Cc3ccco3)C(=O)CCSc3ccc(F)cc3)nc12. The van der Waals surface area contributed by atoms with Crippen molar-refractivity contribution >= 4 is 56.1 Å². The van der Waals surface area contributed by atoms with Gasteiger partial charge in [-0.2, -0.15) is 0 Å². The first-order chi connectivity index (χ1) is 14.6. The Kier molecular flexibility index (Phi) is 6.76. The maximum Gasteiger partial charge on any atom is 0.230 e. The van der Waals surface area contributed by atoms with Crippen LogP contribution in [0.1, 0.15) is 12.2 Å². The Morgan fingerprint density at radius 3 is 2.73 bits per heavy atom. The monoisotopic (exact) mass is 458 g/mol. The fourth-order valence-electron chi connectivity index (χ4n) is 2.93. The molecular formula is C22H19FN2O2S3. The number of thiazole rings is 1. The van der Waals surface area contributed by atoms with Gasteiger partial charge in [0.2, 0.25) is 5.91 Å². The molecule has 0 aliphatic heterocycles. The second-order valence-electron chi connectivity index (χ2n) is 6.42. The van der Waals surface area contributed by atoms with Gasteiger partial charge in [-0.1, -0.05) is 17.4 Å². The third-order valence-corrected chi connectivity index (χ3v) is 7.24. The molecule has 0 saturated carbocycles. The molecule has 1 amide bonds. The largest absolute Gasteiger partial charge is 0.467 e. The second kappa shape index (κ2) is 9.68. The van der Waals surface area contributed by atoms with E-state index in [9.17, 15) is 9.18 Å². The third kappa shape index (κ3) is 4.88. The van der Waals surface area contributed by atoms with E-state index < -0.39 is 0 Å². The van der Waals surface area contributed by atoms with Crippen LogP contribution in [0.15, 0.2) is 75.1 Å². The summed E-state index contributed by atoms with van der Waals surface area (Å²) >= 11 is 4.68. The van der Waals surface area contributed by atoms with Crippen LogP contribution in [0.2, 0.25) is 0 Å². The molecular weight excluding hydrogens is 439 g/mol. The number of furan rings is 1. The summed E-state index contributed by atoms with van der Waals surface area (Å²) in [6, 6.07) is 16.0. The molecule has 0 atom stereocenters. The van der Waals surface area contributed by atoms with E-state index in [0.717, 1.165) is 20.0 Å². The zero-order valence-corrected chi connectivity index (χ0v) is 18.7. The molecule has 8 heteroatoms. The Balaban J connectivity index is 1.53. The molecule has 30 heavy (non-hydrogen) atoms. The highest BCUT2D eigenvalue weighted by Crippen LogP contribution is 2.35. The molecule has 0 radical (unpaired) electrons. The summed E-state index contributed by atoms with van der Waals surface area (Å²) in [5.41, 5.74) is 0.919. The maximum absolute atomic E-state index is 13.1. The Labute approximate surface area is 186 Å². The van der Waals surface area contributed by atoms with E-state index in [4.69, 9.17) is 9.40 Å². The van der Waals surface area contributed by atoms with Gasteiger partial charge < -0.3 is 4.42 Å². The molecule has 4 nitrogen and oxygen atoms in total. The molecule has 0 N–H and O–H groups in total. The molecule has 0 aliphatic carbocycles. The summed E-state index contributed by atoms with van der Waals surface area (Å²) in [5.74, 6) is 1.02. The summed E-state index contributed by atoms with van der Waals surface area (Å²) in [6.45, 7) is 0.335. The number of hydrogen-bond donors (Lipinski definition) is 0. The van der Waals surface area contributed by atoms with Crippen molar-refractivity contribution in [3.05, 3.63) is 72.4 Å². The Bertz CT molecular complexity index is 1130. The van der Waals surface area contributed by atoms with Gasteiger partial charge >= 0.3 is 0 Å². The number of carbonyl (C=O) groups is 1. The van der Waals surface area contributed by atoms with Crippen molar-refractivity contribution in [1.29, 1.82) is 0 Å². The van der Waals surface area contributed by atoms with Gasteiger partial charge in [0.15, 0.2) is 5.13 Å². The topological polar surface area (TPSA) is 46.3 Å². The number of benzene rings is 2. The molecule has 0 unspecified atom stereocenters. The molecule has 0 aliphatic rings. The number of carbonyl (C=O) groups excluding carboxylic acids is 1. The number of para-hydroxylation sites is 1. The number of nitrogens with zero attached hydrogens (tertiary/aromatic N) is 2. The van der Waals surface area contributed by atoms with Crippen LogP contribution in [0, 0.1) is 5.82 Å². The van der Waals surface area contributed by atoms with E-state index in [-0.39, 0.29) is 11.7 Å². The summed E-state index contributed by atoms with van der Waals surface area (Å²) in [6.07, 6.45) is 3.97. The normalized spacial score (nSPS) is 11.1. The number of thioether (sulfide) groups is 2. The molecule has 2 heterocycles. The lowest BCUT2D eigenvalue weighted by molar-refractivity contribution is -0.118. The van der Waals surface area contributed by atoms with E-state index >= 15 is 0 Å². The number of rotatable bonds is 8. The average molecular weight is 459 g/mol. The Morgan fingerprint density at radius 1 is 1.17 bits per heavy atom. The molecule has 0 bridgehead atoms. The van der Waals surface area contributed by atoms with Gasteiger partial charge in [-0.05, 0) is 54.8 Å². The van der Waals surface area contributed by atoms with Crippen LogP contribution in [0.3, 0.4) is 0 Å². The van der Waals surface area contributed by atoms with Crippen molar-refractivity contribution in [1.82, 2.24) is 4.98 Å². The summed E-state index contributed by atoms with van der Waals surface area (Å²) in [4.78, 5) is 21.6.